The lowest BCUT2D eigenvalue weighted by atomic mass is 10.1. The number of ether oxygens (including phenoxy) is 1. The van der Waals surface area contributed by atoms with Crippen LogP contribution in [0, 0.1) is 6.92 Å². The molecule has 0 radical (unpaired) electrons. The van der Waals surface area contributed by atoms with Crippen LogP contribution in [0.3, 0.4) is 0 Å². The molecule has 116 valence electrons. The zero-order valence-electron chi connectivity index (χ0n) is 12.6. The molecule has 0 bridgehead atoms. The molecule has 5 nitrogen and oxygen atoms in total. The molecule has 0 spiro atoms. The van der Waals surface area contributed by atoms with Crippen LogP contribution in [0.25, 0.3) is 11.3 Å². The second-order valence-electron chi connectivity index (χ2n) is 4.78. The van der Waals surface area contributed by atoms with Crippen LogP contribution in [0.2, 0.25) is 0 Å². The minimum Gasteiger partial charge on any atom is -0.497 e. The molecule has 3 rings (SSSR count). The van der Waals surface area contributed by atoms with Crippen molar-refractivity contribution in [1.82, 2.24) is 9.97 Å². The molecule has 0 saturated heterocycles. The molecule has 0 aliphatic carbocycles. The van der Waals surface area contributed by atoms with Gasteiger partial charge in [0.1, 0.15) is 5.75 Å². The maximum atomic E-state index is 10.7. The van der Waals surface area contributed by atoms with E-state index in [4.69, 9.17) is 9.15 Å². The molecule has 23 heavy (non-hydrogen) atoms. The highest BCUT2D eigenvalue weighted by atomic mass is 32.2. The summed E-state index contributed by atoms with van der Waals surface area (Å²) in [5.41, 5.74) is 2.66. The third kappa shape index (κ3) is 3.60. The predicted octanol–water partition coefficient (Wildman–Crippen LogP) is 4.02. The average molecular weight is 326 g/mol. The predicted molar refractivity (Wildman–Crippen MR) is 87.0 cm³/mol. The first kappa shape index (κ1) is 15.3. The lowest BCUT2D eigenvalue weighted by molar-refractivity contribution is 0.109. The van der Waals surface area contributed by atoms with Crippen LogP contribution < -0.4 is 4.74 Å². The number of aryl methyl sites for hydroxylation is 1. The molecule has 6 heteroatoms. The highest BCUT2D eigenvalue weighted by Crippen LogP contribution is 2.29. The molecule has 2 heterocycles. The van der Waals surface area contributed by atoms with E-state index in [1.165, 1.54) is 11.8 Å². The number of rotatable bonds is 5. The van der Waals surface area contributed by atoms with Gasteiger partial charge < -0.3 is 9.15 Å². The number of aromatic nitrogens is 2. The monoisotopic (exact) mass is 326 g/mol. The van der Waals surface area contributed by atoms with Gasteiger partial charge in [-0.3, -0.25) is 4.79 Å². The third-order valence-electron chi connectivity index (χ3n) is 3.13. The quantitative estimate of drug-likeness (QED) is 0.521. The Morgan fingerprint density at radius 1 is 1.13 bits per heavy atom. The van der Waals surface area contributed by atoms with E-state index in [0.717, 1.165) is 22.7 Å². The molecule has 1 aromatic carbocycles. The topological polar surface area (TPSA) is 65.2 Å². The Hall–Kier alpha value is -2.60. The molecule has 2 aromatic heterocycles. The molecule has 0 amide bonds. The molecule has 0 aliphatic heterocycles. The van der Waals surface area contributed by atoms with Crippen molar-refractivity contribution in [1.29, 1.82) is 0 Å². The summed E-state index contributed by atoms with van der Waals surface area (Å²) in [6.45, 7) is 1.91. The number of benzene rings is 1. The van der Waals surface area contributed by atoms with Gasteiger partial charge in [-0.05, 0) is 61.2 Å². The lowest BCUT2D eigenvalue weighted by Crippen LogP contribution is -1.93. The molecular weight excluding hydrogens is 312 g/mol. The van der Waals surface area contributed by atoms with E-state index in [9.17, 15) is 4.79 Å². The van der Waals surface area contributed by atoms with Crippen LogP contribution >= 0.6 is 11.8 Å². The molecule has 0 fully saturated rings. The van der Waals surface area contributed by atoms with E-state index in [1.807, 2.05) is 37.3 Å². The van der Waals surface area contributed by atoms with Crippen LogP contribution in [-0.4, -0.2) is 23.4 Å². The number of aldehydes is 1. The normalized spacial score (nSPS) is 10.5. The van der Waals surface area contributed by atoms with Crippen LogP contribution in [0.4, 0.5) is 0 Å². The first-order chi connectivity index (χ1) is 11.2. The summed E-state index contributed by atoms with van der Waals surface area (Å²) >= 11 is 1.28. The molecule has 0 N–H and O–H groups in total. The molecule has 0 aliphatic rings. The van der Waals surface area contributed by atoms with Gasteiger partial charge in [-0.25, -0.2) is 9.97 Å². The Morgan fingerprint density at radius 2 is 1.91 bits per heavy atom. The van der Waals surface area contributed by atoms with E-state index in [2.05, 4.69) is 9.97 Å². The SMILES string of the molecule is COc1ccc(-c2cc(C)nc(Sc3ccc(C=O)o3)n2)cc1. The third-order valence-corrected chi connectivity index (χ3v) is 3.92. The Balaban J connectivity index is 1.90. The number of carbonyl (C=O) groups is 1. The number of furan rings is 1. The maximum Gasteiger partial charge on any atom is 0.196 e. The summed E-state index contributed by atoms with van der Waals surface area (Å²) in [6.07, 6.45) is 0.671. The Morgan fingerprint density at radius 3 is 2.57 bits per heavy atom. The largest absolute Gasteiger partial charge is 0.497 e. The van der Waals surface area contributed by atoms with Crippen LogP contribution in [0.1, 0.15) is 16.2 Å². The highest BCUT2D eigenvalue weighted by Gasteiger charge is 2.09. The van der Waals surface area contributed by atoms with Crippen LogP contribution in [0.15, 0.2) is 57.1 Å². The Kier molecular flexibility index (Phi) is 4.43. The van der Waals surface area contributed by atoms with Gasteiger partial charge in [0.25, 0.3) is 0 Å². The molecule has 3 aromatic rings. The van der Waals surface area contributed by atoms with Crippen molar-refractivity contribution in [2.45, 2.75) is 17.2 Å². The first-order valence-electron chi connectivity index (χ1n) is 6.91. The van der Waals surface area contributed by atoms with Crippen molar-refractivity contribution in [3.05, 3.63) is 53.9 Å². The van der Waals surface area contributed by atoms with E-state index in [-0.39, 0.29) is 5.76 Å². The van der Waals surface area contributed by atoms with Gasteiger partial charge in [0.05, 0.1) is 12.8 Å². The first-order valence-corrected chi connectivity index (χ1v) is 7.72. The van der Waals surface area contributed by atoms with E-state index in [0.29, 0.717) is 16.5 Å². The molecule has 0 atom stereocenters. The van der Waals surface area contributed by atoms with Gasteiger partial charge >= 0.3 is 0 Å². The Bertz CT molecular complexity index is 828. The fourth-order valence-corrected chi connectivity index (χ4v) is 2.83. The minimum atomic E-state index is 0.288. The van der Waals surface area contributed by atoms with E-state index >= 15 is 0 Å². The number of methoxy groups -OCH3 is 1. The van der Waals surface area contributed by atoms with Crippen LogP contribution in [0.5, 0.6) is 5.75 Å². The van der Waals surface area contributed by atoms with Gasteiger partial charge in [0, 0.05) is 11.3 Å². The van der Waals surface area contributed by atoms with Crippen molar-refractivity contribution < 1.29 is 13.9 Å². The summed E-state index contributed by atoms with van der Waals surface area (Å²) in [7, 11) is 1.63. The fourth-order valence-electron chi connectivity index (χ4n) is 2.04. The van der Waals surface area contributed by atoms with Gasteiger partial charge in [0.2, 0.25) is 0 Å². The fraction of sp³-hybridized carbons (Fsp3) is 0.118. The number of hydrogen-bond donors (Lipinski definition) is 0. The van der Waals surface area contributed by atoms with Gasteiger partial charge in [0.15, 0.2) is 22.3 Å². The summed E-state index contributed by atoms with van der Waals surface area (Å²) in [6, 6.07) is 13.0. The zero-order chi connectivity index (χ0) is 16.2. The molecule has 0 unspecified atom stereocenters. The Labute approximate surface area is 137 Å². The van der Waals surface area contributed by atoms with Gasteiger partial charge in [-0.2, -0.15) is 0 Å². The number of nitrogens with zero attached hydrogens (tertiary/aromatic N) is 2. The maximum absolute atomic E-state index is 10.7. The van der Waals surface area contributed by atoms with Crippen LogP contribution in [-0.2, 0) is 0 Å². The number of carbonyl (C=O) groups excluding carboxylic acids is 1. The van der Waals surface area contributed by atoms with Crippen molar-refractivity contribution >= 4 is 18.0 Å². The lowest BCUT2D eigenvalue weighted by Gasteiger charge is -2.06. The van der Waals surface area contributed by atoms with E-state index < -0.39 is 0 Å². The summed E-state index contributed by atoms with van der Waals surface area (Å²) in [5.74, 6) is 1.08. The second kappa shape index (κ2) is 6.66. The molecular formula is C17H14N2O3S. The number of hydrogen-bond acceptors (Lipinski definition) is 6. The van der Waals surface area contributed by atoms with E-state index in [1.54, 1.807) is 19.2 Å². The summed E-state index contributed by atoms with van der Waals surface area (Å²) in [4.78, 5) is 19.6. The average Bonchev–Trinajstić information content (AvgIpc) is 3.02. The summed E-state index contributed by atoms with van der Waals surface area (Å²) < 4.78 is 10.5. The van der Waals surface area contributed by atoms with Crippen molar-refractivity contribution in [3.8, 4) is 17.0 Å². The van der Waals surface area contributed by atoms with Gasteiger partial charge in [-0.1, -0.05) is 0 Å². The summed E-state index contributed by atoms with van der Waals surface area (Å²) in [5, 5.41) is 1.15. The smallest absolute Gasteiger partial charge is 0.196 e. The molecule has 0 saturated carbocycles. The second-order valence-corrected chi connectivity index (χ2v) is 5.75. The van der Waals surface area contributed by atoms with Gasteiger partial charge in [-0.15, -0.1) is 0 Å². The minimum absolute atomic E-state index is 0.288. The van der Waals surface area contributed by atoms with Crippen molar-refractivity contribution in [3.63, 3.8) is 0 Å². The zero-order valence-corrected chi connectivity index (χ0v) is 13.5. The highest BCUT2D eigenvalue weighted by molar-refractivity contribution is 7.99. The standard InChI is InChI=1S/C17H14N2O3S/c1-11-9-15(12-3-5-13(21-2)6-4-12)19-17(18-11)23-16-8-7-14(10-20)22-16/h3-10H,1-2H3. The van der Waals surface area contributed by atoms with Crippen molar-refractivity contribution in [2.75, 3.05) is 7.11 Å². The van der Waals surface area contributed by atoms with Crippen molar-refractivity contribution in [2.24, 2.45) is 0 Å².